The Morgan fingerprint density at radius 1 is 0.944 bits per heavy atom. The molecule has 0 saturated carbocycles. The van der Waals surface area contributed by atoms with Crippen LogP contribution in [0.15, 0.2) is 48.8 Å². The molecule has 0 atom stereocenters. The molecule has 88 valence electrons. The third-order valence-electron chi connectivity index (χ3n) is 2.58. The monoisotopic (exact) mass is 256 g/mol. The minimum atomic E-state index is 0.174. The second-order valence-corrected chi connectivity index (χ2v) is 4.07. The lowest BCUT2D eigenvalue weighted by Crippen LogP contribution is -1.98. The highest BCUT2D eigenvalue weighted by Gasteiger charge is 2.03. The van der Waals surface area contributed by atoms with Gasteiger partial charge in [-0.25, -0.2) is 9.97 Å². The van der Waals surface area contributed by atoms with E-state index in [9.17, 15) is 0 Å². The van der Waals surface area contributed by atoms with E-state index in [0.29, 0.717) is 5.95 Å². The van der Waals surface area contributed by atoms with E-state index in [2.05, 4.69) is 32.4 Å². The summed E-state index contributed by atoms with van der Waals surface area (Å²) < 4.78 is 0. The topological polar surface area (TPSA) is 50.7 Å². The SMILES string of the molecule is Clc1ncnc(Nc2cccc3ccccc23)n1. The molecule has 1 aromatic heterocycles. The van der Waals surface area contributed by atoms with Gasteiger partial charge in [0.15, 0.2) is 0 Å². The molecule has 18 heavy (non-hydrogen) atoms. The van der Waals surface area contributed by atoms with Gasteiger partial charge in [0.25, 0.3) is 0 Å². The van der Waals surface area contributed by atoms with Crippen molar-refractivity contribution in [2.24, 2.45) is 0 Å². The molecule has 3 rings (SSSR count). The summed E-state index contributed by atoms with van der Waals surface area (Å²) in [6, 6.07) is 14.1. The molecular weight excluding hydrogens is 248 g/mol. The van der Waals surface area contributed by atoms with E-state index in [1.807, 2.05) is 30.3 Å². The molecule has 0 aliphatic heterocycles. The molecule has 0 aliphatic carbocycles. The van der Waals surface area contributed by atoms with Crippen molar-refractivity contribution in [1.29, 1.82) is 0 Å². The fourth-order valence-electron chi connectivity index (χ4n) is 1.79. The third kappa shape index (κ3) is 2.10. The van der Waals surface area contributed by atoms with Crippen molar-refractivity contribution in [3.63, 3.8) is 0 Å². The Balaban J connectivity index is 2.05. The number of benzene rings is 2. The molecule has 0 unspecified atom stereocenters. The van der Waals surface area contributed by atoms with Crippen molar-refractivity contribution in [2.45, 2.75) is 0 Å². The van der Waals surface area contributed by atoms with Gasteiger partial charge in [0, 0.05) is 11.1 Å². The first kappa shape index (κ1) is 10.9. The number of hydrogen-bond acceptors (Lipinski definition) is 4. The van der Waals surface area contributed by atoms with Gasteiger partial charge in [-0.05, 0) is 23.1 Å². The van der Waals surface area contributed by atoms with Crippen LogP contribution >= 0.6 is 11.6 Å². The summed E-state index contributed by atoms with van der Waals surface area (Å²) in [7, 11) is 0. The van der Waals surface area contributed by atoms with Crippen LogP contribution in [0.4, 0.5) is 11.6 Å². The summed E-state index contributed by atoms with van der Waals surface area (Å²) in [4.78, 5) is 11.8. The minimum absolute atomic E-state index is 0.174. The average Bonchev–Trinajstić information content (AvgIpc) is 2.39. The van der Waals surface area contributed by atoms with E-state index < -0.39 is 0 Å². The Morgan fingerprint density at radius 2 is 1.78 bits per heavy atom. The number of nitrogens with one attached hydrogen (secondary N) is 1. The lowest BCUT2D eigenvalue weighted by Gasteiger charge is -2.07. The zero-order valence-electron chi connectivity index (χ0n) is 9.34. The maximum absolute atomic E-state index is 5.73. The standard InChI is InChI=1S/C13H9ClN4/c14-12-15-8-16-13(18-12)17-11-7-3-5-9-4-1-2-6-10(9)11/h1-8H,(H,15,16,17,18). The van der Waals surface area contributed by atoms with E-state index >= 15 is 0 Å². The average molecular weight is 257 g/mol. The normalized spacial score (nSPS) is 10.5. The summed E-state index contributed by atoms with van der Waals surface area (Å²) in [5.41, 5.74) is 0.940. The second kappa shape index (κ2) is 4.58. The van der Waals surface area contributed by atoms with Gasteiger partial charge in [-0.3, -0.25) is 0 Å². The summed E-state index contributed by atoms with van der Waals surface area (Å²) in [5.74, 6) is 0.436. The van der Waals surface area contributed by atoms with Crippen LogP contribution in [0.25, 0.3) is 10.8 Å². The predicted molar refractivity (Wildman–Crippen MR) is 72.1 cm³/mol. The van der Waals surface area contributed by atoms with Gasteiger partial charge in [0.1, 0.15) is 6.33 Å². The molecule has 1 N–H and O–H groups in total. The second-order valence-electron chi connectivity index (χ2n) is 3.73. The van der Waals surface area contributed by atoms with Crippen LogP contribution in [0, 0.1) is 0 Å². The van der Waals surface area contributed by atoms with Crippen LogP contribution < -0.4 is 5.32 Å². The van der Waals surface area contributed by atoms with Gasteiger partial charge >= 0.3 is 0 Å². The van der Waals surface area contributed by atoms with Gasteiger partial charge in [-0.2, -0.15) is 4.98 Å². The number of fused-ring (bicyclic) bond motifs is 1. The van der Waals surface area contributed by atoms with Crippen molar-refractivity contribution < 1.29 is 0 Å². The van der Waals surface area contributed by atoms with Crippen LogP contribution in [0.1, 0.15) is 0 Å². The van der Waals surface area contributed by atoms with E-state index in [-0.39, 0.29) is 5.28 Å². The number of aromatic nitrogens is 3. The third-order valence-corrected chi connectivity index (χ3v) is 2.76. The highest BCUT2D eigenvalue weighted by molar-refractivity contribution is 6.28. The van der Waals surface area contributed by atoms with Crippen molar-refractivity contribution >= 4 is 34.0 Å². The molecule has 0 fully saturated rings. The number of rotatable bonds is 2. The molecule has 4 nitrogen and oxygen atoms in total. The van der Waals surface area contributed by atoms with Crippen LogP contribution in [0.2, 0.25) is 5.28 Å². The first-order chi connectivity index (χ1) is 8.83. The molecule has 1 heterocycles. The number of nitrogens with zero attached hydrogens (tertiary/aromatic N) is 3. The highest BCUT2D eigenvalue weighted by atomic mass is 35.5. The van der Waals surface area contributed by atoms with Crippen molar-refractivity contribution in [1.82, 2.24) is 15.0 Å². The summed E-state index contributed by atoms with van der Waals surface area (Å²) >= 11 is 5.73. The molecule has 0 spiro atoms. The lowest BCUT2D eigenvalue weighted by molar-refractivity contribution is 1.05. The Labute approximate surface area is 109 Å². The zero-order chi connectivity index (χ0) is 12.4. The Morgan fingerprint density at radius 3 is 2.67 bits per heavy atom. The van der Waals surface area contributed by atoms with Crippen molar-refractivity contribution in [3.8, 4) is 0 Å². The highest BCUT2D eigenvalue weighted by Crippen LogP contribution is 2.24. The molecule has 0 amide bonds. The Bertz CT molecular complexity index is 694. The maximum Gasteiger partial charge on any atom is 0.231 e. The van der Waals surface area contributed by atoms with E-state index in [0.717, 1.165) is 16.5 Å². The van der Waals surface area contributed by atoms with E-state index in [1.54, 1.807) is 0 Å². The zero-order valence-corrected chi connectivity index (χ0v) is 10.1. The molecule has 0 radical (unpaired) electrons. The summed E-state index contributed by atoms with van der Waals surface area (Å²) in [6.07, 6.45) is 1.38. The van der Waals surface area contributed by atoms with E-state index in [1.165, 1.54) is 6.33 Å². The first-order valence-electron chi connectivity index (χ1n) is 5.42. The van der Waals surface area contributed by atoms with Gasteiger partial charge in [0.2, 0.25) is 11.2 Å². The Kier molecular flexibility index (Phi) is 2.78. The molecule has 0 saturated heterocycles. The predicted octanol–water partition coefficient (Wildman–Crippen LogP) is 3.42. The molecule has 0 bridgehead atoms. The first-order valence-corrected chi connectivity index (χ1v) is 5.80. The van der Waals surface area contributed by atoms with Crippen LogP contribution in [-0.4, -0.2) is 15.0 Å². The van der Waals surface area contributed by atoms with Gasteiger partial charge in [-0.15, -0.1) is 0 Å². The molecule has 0 aliphatic rings. The van der Waals surface area contributed by atoms with Crippen LogP contribution in [0.5, 0.6) is 0 Å². The van der Waals surface area contributed by atoms with Gasteiger partial charge in [0.05, 0.1) is 0 Å². The molecular formula is C13H9ClN4. The van der Waals surface area contributed by atoms with Gasteiger partial charge < -0.3 is 5.32 Å². The quantitative estimate of drug-likeness (QED) is 0.763. The van der Waals surface area contributed by atoms with Crippen molar-refractivity contribution in [3.05, 3.63) is 54.1 Å². The smallest absolute Gasteiger partial charge is 0.231 e. The lowest BCUT2D eigenvalue weighted by atomic mass is 10.1. The van der Waals surface area contributed by atoms with Gasteiger partial charge in [-0.1, -0.05) is 36.4 Å². The number of hydrogen-bond donors (Lipinski definition) is 1. The fraction of sp³-hybridized carbons (Fsp3) is 0. The van der Waals surface area contributed by atoms with Crippen LogP contribution in [0.3, 0.4) is 0 Å². The minimum Gasteiger partial charge on any atom is -0.323 e. The summed E-state index contributed by atoms with van der Waals surface area (Å²) in [5, 5.41) is 5.58. The number of halogens is 1. The largest absolute Gasteiger partial charge is 0.323 e. The fourth-order valence-corrected chi connectivity index (χ4v) is 1.92. The Hall–Kier alpha value is -2.20. The van der Waals surface area contributed by atoms with Crippen molar-refractivity contribution in [2.75, 3.05) is 5.32 Å². The maximum atomic E-state index is 5.73. The molecule has 5 heteroatoms. The molecule has 3 aromatic rings. The molecule has 2 aromatic carbocycles. The van der Waals surface area contributed by atoms with Crippen LogP contribution in [-0.2, 0) is 0 Å². The number of anilines is 2. The summed E-state index contributed by atoms with van der Waals surface area (Å²) in [6.45, 7) is 0. The van der Waals surface area contributed by atoms with E-state index in [4.69, 9.17) is 11.6 Å².